The van der Waals surface area contributed by atoms with Crippen LogP contribution in [0.5, 0.6) is 5.75 Å². The molecule has 0 saturated heterocycles. The van der Waals surface area contributed by atoms with Crippen LogP contribution in [-0.2, 0) is 16.1 Å². The van der Waals surface area contributed by atoms with E-state index in [9.17, 15) is 19.5 Å². The Morgan fingerprint density at radius 2 is 1.77 bits per heavy atom. The number of anilines is 1. The lowest BCUT2D eigenvalue weighted by atomic mass is 10.1. The van der Waals surface area contributed by atoms with Crippen molar-refractivity contribution in [2.24, 2.45) is 0 Å². The Bertz CT molecular complexity index is 1130. The highest BCUT2D eigenvalue weighted by Gasteiger charge is 2.25. The molecular weight excluding hydrogens is 486 g/mol. The predicted octanol–water partition coefficient (Wildman–Crippen LogP) is 4.89. The molecule has 160 valence electrons. The minimum atomic E-state index is -1.22. The van der Waals surface area contributed by atoms with E-state index in [-0.39, 0.29) is 16.5 Å². The van der Waals surface area contributed by atoms with Crippen LogP contribution in [0.2, 0.25) is 0 Å². The van der Waals surface area contributed by atoms with Gasteiger partial charge in [0.15, 0.2) is 17.2 Å². The number of amides is 1. The lowest BCUT2D eigenvalue weighted by molar-refractivity contribution is -0.139. The van der Waals surface area contributed by atoms with Crippen molar-refractivity contribution in [3.8, 4) is 16.2 Å². The number of nitrogens with zero attached hydrogens (tertiary/aromatic N) is 1. The van der Waals surface area contributed by atoms with Gasteiger partial charge in [-0.1, -0.05) is 42.5 Å². The van der Waals surface area contributed by atoms with Crippen molar-refractivity contribution in [3.63, 3.8) is 0 Å². The summed E-state index contributed by atoms with van der Waals surface area (Å²) in [4.78, 5) is 36.9. The highest BCUT2D eigenvalue weighted by atomic mass is 79.9. The number of hydrogen-bond donors (Lipinski definition) is 2. The van der Waals surface area contributed by atoms with Crippen LogP contribution in [-0.4, -0.2) is 34.7 Å². The average Bonchev–Trinajstić information content (AvgIpc) is 3.07. The van der Waals surface area contributed by atoms with E-state index < -0.39 is 18.5 Å². The van der Waals surface area contributed by atoms with E-state index in [1.165, 1.54) is 6.92 Å². The molecule has 0 spiro atoms. The first-order chi connectivity index (χ1) is 14.8. The van der Waals surface area contributed by atoms with Gasteiger partial charge in [-0.25, -0.2) is 9.59 Å². The first-order valence-electron chi connectivity index (χ1n) is 9.10. The molecule has 0 radical (unpaired) electrons. The monoisotopic (exact) mass is 503 g/mol. The normalized spacial score (nSPS) is 10.5. The number of aliphatic carboxylic acids is 1. The van der Waals surface area contributed by atoms with Gasteiger partial charge in [0.05, 0.1) is 15.9 Å². The quantitative estimate of drug-likeness (QED) is 0.453. The number of thiophene rings is 1. The molecule has 7 nitrogen and oxygen atoms in total. The van der Waals surface area contributed by atoms with Crippen LogP contribution in [0.3, 0.4) is 0 Å². The summed E-state index contributed by atoms with van der Waals surface area (Å²) in [5.74, 6) is -2.60. The molecule has 0 saturated carbocycles. The third-order valence-corrected chi connectivity index (χ3v) is 6.55. The highest BCUT2D eigenvalue weighted by molar-refractivity contribution is 9.10. The number of benzene rings is 2. The van der Waals surface area contributed by atoms with Crippen molar-refractivity contribution in [1.29, 1.82) is 0 Å². The number of carboxylic acid groups (broad SMARTS) is 2. The van der Waals surface area contributed by atoms with Crippen molar-refractivity contribution in [3.05, 3.63) is 69.5 Å². The molecule has 31 heavy (non-hydrogen) atoms. The standard InChI is InChI=1S/C22H18BrNO6S/c1-13(25)24(11-14-6-3-2-4-7-14)16-9-5-8-15(10-16)20-18(23)19(30-12-17(26)27)21(31-20)22(28)29/h2-10H,11-12H2,1H3,(H,26,27)(H,28,29). The van der Waals surface area contributed by atoms with Crippen LogP contribution in [0.15, 0.2) is 59.1 Å². The zero-order valence-electron chi connectivity index (χ0n) is 16.4. The molecule has 0 aliphatic heterocycles. The fraction of sp³-hybridized carbons (Fsp3) is 0.136. The number of carboxylic acids is 2. The van der Waals surface area contributed by atoms with E-state index in [4.69, 9.17) is 9.84 Å². The van der Waals surface area contributed by atoms with Gasteiger partial charge in [-0.3, -0.25) is 4.79 Å². The van der Waals surface area contributed by atoms with Gasteiger partial charge >= 0.3 is 11.9 Å². The summed E-state index contributed by atoms with van der Waals surface area (Å²) < 4.78 is 5.56. The Kier molecular flexibility index (Phi) is 7.09. The second kappa shape index (κ2) is 9.76. The van der Waals surface area contributed by atoms with Crippen molar-refractivity contribution in [2.45, 2.75) is 13.5 Å². The molecule has 1 aromatic heterocycles. The van der Waals surface area contributed by atoms with E-state index in [2.05, 4.69) is 15.9 Å². The van der Waals surface area contributed by atoms with E-state index in [1.807, 2.05) is 30.3 Å². The van der Waals surface area contributed by atoms with Crippen LogP contribution in [0.1, 0.15) is 22.2 Å². The van der Waals surface area contributed by atoms with E-state index >= 15 is 0 Å². The molecule has 0 aliphatic carbocycles. The van der Waals surface area contributed by atoms with Crippen molar-refractivity contribution in [2.75, 3.05) is 11.5 Å². The smallest absolute Gasteiger partial charge is 0.349 e. The fourth-order valence-corrected chi connectivity index (χ4v) is 4.84. The third-order valence-electron chi connectivity index (χ3n) is 4.33. The van der Waals surface area contributed by atoms with E-state index in [0.29, 0.717) is 27.1 Å². The minimum Gasteiger partial charge on any atom is -0.479 e. The van der Waals surface area contributed by atoms with Crippen LogP contribution in [0.4, 0.5) is 5.69 Å². The van der Waals surface area contributed by atoms with Gasteiger partial charge in [-0.2, -0.15) is 0 Å². The summed E-state index contributed by atoms with van der Waals surface area (Å²) >= 11 is 4.31. The SMILES string of the molecule is CC(=O)N(Cc1ccccc1)c1cccc(-c2sc(C(=O)O)c(OCC(=O)O)c2Br)c1. The maximum atomic E-state index is 12.3. The Morgan fingerprint density at radius 3 is 2.39 bits per heavy atom. The second-order valence-corrected chi connectivity index (χ2v) is 8.35. The van der Waals surface area contributed by atoms with Gasteiger partial charge in [0, 0.05) is 12.6 Å². The maximum Gasteiger partial charge on any atom is 0.349 e. The number of halogens is 1. The lowest BCUT2D eigenvalue weighted by Gasteiger charge is -2.22. The van der Waals surface area contributed by atoms with Gasteiger partial charge in [0.2, 0.25) is 5.91 Å². The van der Waals surface area contributed by atoms with Crippen LogP contribution >= 0.6 is 27.3 Å². The predicted molar refractivity (Wildman–Crippen MR) is 121 cm³/mol. The highest BCUT2D eigenvalue weighted by Crippen LogP contribution is 2.46. The summed E-state index contributed by atoms with van der Waals surface area (Å²) in [5, 5.41) is 18.4. The summed E-state index contributed by atoms with van der Waals surface area (Å²) in [6.07, 6.45) is 0. The van der Waals surface area contributed by atoms with Crippen LogP contribution in [0.25, 0.3) is 10.4 Å². The number of rotatable bonds is 8. The largest absolute Gasteiger partial charge is 0.479 e. The Morgan fingerprint density at radius 1 is 1.06 bits per heavy atom. The van der Waals surface area contributed by atoms with Gasteiger partial charge in [-0.15, -0.1) is 11.3 Å². The molecule has 0 aliphatic rings. The van der Waals surface area contributed by atoms with Gasteiger partial charge < -0.3 is 19.8 Å². The van der Waals surface area contributed by atoms with Crippen molar-refractivity contribution >= 4 is 50.8 Å². The third kappa shape index (κ3) is 5.31. The number of carbonyl (C=O) groups excluding carboxylic acids is 1. The molecule has 9 heteroatoms. The topological polar surface area (TPSA) is 104 Å². The summed E-state index contributed by atoms with van der Waals surface area (Å²) in [6, 6.07) is 16.7. The molecule has 0 atom stereocenters. The van der Waals surface area contributed by atoms with Crippen molar-refractivity contribution < 1.29 is 29.3 Å². The molecule has 3 rings (SSSR count). The zero-order chi connectivity index (χ0) is 22.5. The molecule has 0 unspecified atom stereocenters. The lowest BCUT2D eigenvalue weighted by Crippen LogP contribution is -2.27. The summed E-state index contributed by atoms with van der Waals surface area (Å²) in [7, 11) is 0. The minimum absolute atomic E-state index is 0.0342. The number of hydrogen-bond acceptors (Lipinski definition) is 5. The van der Waals surface area contributed by atoms with Crippen molar-refractivity contribution in [1.82, 2.24) is 0 Å². The zero-order valence-corrected chi connectivity index (χ0v) is 18.8. The molecule has 0 bridgehead atoms. The van der Waals surface area contributed by atoms with E-state index in [1.54, 1.807) is 29.2 Å². The molecule has 1 heterocycles. The summed E-state index contributed by atoms with van der Waals surface area (Å²) in [5.41, 5.74) is 2.29. The second-order valence-electron chi connectivity index (χ2n) is 6.53. The van der Waals surface area contributed by atoms with Gasteiger partial charge in [0.1, 0.15) is 0 Å². The van der Waals surface area contributed by atoms with E-state index in [0.717, 1.165) is 16.9 Å². The maximum absolute atomic E-state index is 12.3. The molecule has 2 N–H and O–H groups in total. The number of carbonyl (C=O) groups is 3. The molecule has 2 aromatic carbocycles. The Hall–Kier alpha value is -3.17. The molecule has 0 fully saturated rings. The molecular formula is C22H18BrNO6S. The first-order valence-corrected chi connectivity index (χ1v) is 10.7. The molecule has 3 aromatic rings. The fourth-order valence-electron chi connectivity index (χ4n) is 2.95. The van der Waals surface area contributed by atoms with Gasteiger partial charge in [-0.05, 0) is 39.2 Å². The van der Waals surface area contributed by atoms with Gasteiger partial charge in [0.25, 0.3) is 0 Å². The summed E-state index contributed by atoms with van der Waals surface area (Å²) in [6.45, 7) is 1.21. The van der Waals surface area contributed by atoms with Crippen LogP contribution < -0.4 is 9.64 Å². The number of aromatic carboxylic acids is 1. The first kappa shape index (κ1) is 22.5. The van der Waals surface area contributed by atoms with Crippen LogP contribution in [0, 0.1) is 0 Å². The Labute approximate surface area is 190 Å². The Balaban J connectivity index is 2.00. The molecule has 1 amide bonds. The number of ether oxygens (including phenoxy) is 1. The average molecular weight is 504 g/mol.